The number of rotatable bonds is 8. The van der Waals surface area contributed by atoms with Crippen molar-refractivity contribution in [3.05, 3.63) is 59.3 Å². The number of carboxylic acid groups (broad SMARTS) is 1. The van der Waals surface area contributed by atoms with Crippen LogP contribution in [0.4, 0.5) is 0 Å². The van der Waals surface area contributed by atoms with E-state index in [1.54, 1.807) is 42.5 Å². The zero-order valence-electron chi connectivity index (χ0n) is 15.4. The van der Waals surface area contributed by atoms with Gasteiger partial charge in [0.15, 0.2) is 11.5 Å². The lowest BCUT2D eigenvalue weighted by Crippen LogP contribution is -2.27. The summed E-state index contributed by atoms with van der Waals surface area (Å²) >= 11 is 0. The lowest BCUT2D eigenvalue weighted by molar-refractivity contribution is -0.132. The van der Waals surface area contributed by atoms with Gasteiger partial charge in [-0.05, 0) is 54.5 Å². The van der Waals surface area contributed by atoms with E-state index >= 15 is 0 Å². The zero-order valence-corrected chi connectivity index (χ0v) is 15.4. The summed E-state index contributed by atoms with van der Waals surface area (Å²) in [6.45, 7) is 2.82. The maximum Gasteiger partial charge on any atom is 0.352 e. The van der Waals surface area contributed by atoms with E-state index in [1.165, 1.54) is 6.08 Å². The van der Waals surface area contributed by atoms with Crippen LogP contribution in [0.1, 0.15) is 35.7 Å². The molecule has 0 radical (unpaired) electrons. The number of hydrogen-bond donors (Lipinski definition) is 2. The highest BCUT2D eigenvalue weighted by Crippen LogP contribution is 2.33. The topological polar surface area (TPSA) is 94.1 Å². The number of aliphatic carboxylic acids is 1. The molecule has 7 nitrogen and oxygen atoms in total. The minimum Gasteiger partial charge on any atom is -0.494 e. The summed E-state index contributed by atoms with van der Waals surface area (Å²) in [5, 5.41) is 11.9. The van der Waals surface area contributed by atoms with Crippen LogP contribution in [-0.2, 0) is 4.79 Å². The lowest BCUT2D eigenvalue weighted by Gasteiger charge is -2.08. The van der Waals surface area contributed by atoms with Crippen molar-refractivity contribution < 1.29 is 28.9 Å². The van der Waals surface area contributed by atoms with Crippen LogP contribution >= 0.6 is 0 Å². The Morgan fingerprint density at radius 2 is 1.89 bits per heavy atom. The molecule has 0 saturated carbocycles. The van der Waals surface area contributed by atoms with Gasteiger partial charge in [-0.3, -0.25) is 4.79 Å². The molecule has 0 spiro atoms. The van der Waals surface area contributed by atoms with Gasteiger partial charge in [0, 0.05) is 5.56 Å². The summed E-state index contributed by atoms with van der Waals surface area (Å²) in [7, 11) is 0. The standard InChI is InChI=1S/C21H21NO6/c1-2-3-10-26-16-7-5-15(6-8-16)20(23)22-17(21(24)25)11-14-4-9-18-19(12-14)28-13-27-18/h4-9,11-12H,2-3,10,13H2,1H3,(H,22,23)(H,24,25)/b17-11+. The molecule has 28 heavy (non-hydrogen) atoms. The molecule has 1 heterocycles. The highest BCUT2D eigenvalue weighted by Gasteiger charge is 2.16. The molecule has 0 aromatic heterocycles. The van der Waals surface area contributed by atoms with Gasteiger partial charge >= 0.3 is 5.97 Å². The fourth-order valence-corrected chi connectivity index (χ4v) is 2.55. The largest absolute Gasteiger partial charge is 0.494 e. The molecule has 2 aromatic rings. The van der Waals surface area contributed by atoms with Crippen LogP contribution in [-0.4, -0.2) is 30.4 Å². The minimum atomic E-state index is -1.24. The Labute approximate surface area is 162 Å². The van der Waals surface area contributed by atoms with Gasteiger partial charge in [-0.2, -0.15) is 0 Å². The number of hydrogen-bond acceptors (Lipinski definition) is 5. The molecule has 3 rings (SSSR count). The Balaban J connectivity index is 1.70. The third kappa shape index (κ3) is 4.82. The van der Waals surface area contributed by atoms with Crippen molar-refractivity contribution >= 4 is 18.0 Å². The third-order valence-corrected chi connectivity index (χ3v) is 4.07. The summed E-state index contributed by atoms with van der Waals surface area (Å²) in [6.07, 6.45) is 3.35. The molecule has 1 amide bonds. The number of carboxylic acids is 1. The van der Waals surface area contributed by atoms with Gasteiger partial charge in [-0.1, -0.05) is 19.4 Å². The number of carbonyl (C=O) groups excluding carboxylic acids is 1. The van der Waals surface area contributed by atoms with Gasteiger partial charge in [0.05, 0.1) is 6.61 Å². The van der Waals surface area contributed by atoms with E-state index in [2.05, 4.69) is 12.2 Å². The van der Waals surface area contributed by atoms with Gasteiger partial charge in [0.25, 0.3) is 5.91 Å². The van der Waals surface area contributed by atoms with E-state index in [0.717, 1.165) is 12.8 Å². The van der Waals surface area contributed by atoms with E-state index in [0.29, 0.717) is 35.0 Å². The van der Waals surface area contributed by atoms with Gasteiger partial charge in [0.1, 0.15) is 11.4 Å². The normalized spacial score (nSPS) is 12.5. The van der Waals surface area contributed by atoms with Crippen LogP contribution in [0.2, 0.25) is 0 Å². The van der Waals surface area contributed by atoms with E-state index < -0.39 is 11.9 Å². The Bertz CT molecular complexity index is 888. The Morgan fingerprint density at radius 3 is 2.61 bits per heavy atom. The van der Waals surface area contributed by atoms with Gasteiger partial charge in [-0.15, -0.1) is 0 Å². The summed E-state index contributed by atoms with van der Waals surface area (Å²) < 4.78 is 16.1. The summed E-state index contributed by atoms with van der Waals surface area (Å²) in [5.41, 5.74) is 0.662. The second-order valence-electron chi connectivity index (χ2n) is 6.16. The van der Waals surface area contributed by atoms with E-state index in [1.807, 2.05) is 0 Å². The average molecular weight is 383 g/mol. The Kier molecular flexibility index (Phi) is 6.16. The van der Waals surface area contributed by atoms with Gasteiger partial charge < -0.3 is 24.6 Å². The number of nitrogens with one attached hydrogen (secondary N) is 1. The zero-order chi connectivity index (χ0) is 19.9. The molecule has 0 atom stereocenters. The molecular formula is C21H21NO6. The second-order valence-corrected chi connectivity index (χ2v) is 6.16. The van der Waals surface area contributed by atoms with E-state index in [-0.39, 0.29) is 12.5 Å². The first-order valence-electron chi connectivity index (χ1n) is 8.95. The predicted molar refractivity (Wildman–Crippen MR) is 102 cm³/mol. The SMILES string of the molecule is CCCCOc1ccc(C(=O)N/C(=C/c2ccc3c(c2)OCO3)C(=O)O)cc1. The molecule has 0 fully saturated rings. The average Bonchev–Trinajstić information content (AvgIpc) is 3.16. The molecule has 0 bridgehead atoms. The van der Waals surface area contributed by atoms with Gasteiger partial charge in [-0.25, -0.2) is 4.79 Å². The molecular weight excluding hydrogens is 362 g/mol. The van der Waals surface area contributed by atoms with Crippen molar-refractivity contribution in [1.29, 1.82) is 0 Å². The maximum absolute atomic E-state index is 12.4. The first-order valence-corrected chi connectivity index (χ1v) is 8.95. The first kappa shape index (κ1) is 19.3. The smallest absolute Gasteiger partial charge is 0.352 e. The van der Waals surface area contributed by atoms with E-state index in [9.17, 15) is 14.7 Å². The molecule has 0 saturated heterocycles. The van der Waals surface area contributed by atoms with Crippen molar-refractivity contribution in [3.8, 4) is 17.2 Å². The highest BCUT2D eigenvalue weighted by atomic mass is 16.7. The first-order chi connectivity index (χ1) is 13.6. The molecule has 1 aliphatic heterocycles. The molecule has 0 unspecified atom stereocenters. The summed E-state index contributed by atoms with van der Waals surface area (Å²) in [4.78, 5) is 24.0. The van der Waals surface area contributed by atoms with Crippen molar-refractivity contribution in [3.63, 3.8) is 0 Å². The summed E-state index contributed by atoms with van der Waals surface area (Å²) in [5.74, 6) is 0.0298. The fraction of sp³-hybridized carbons (Fsp3) is 0.238. The van der Waals surface area contributed by atoms with Crippen LogP contribution in [0, 0.1) is 0 Å². The number of unbranched alkanes of at least 4 members (excludes halogenated alkanes) is 1. The Hall–Kier alpha value is -3.48. The van der Waals surface area contributed by atoms with Crippen LogP contribution in [0.5, 0.6) is 17.2 Å². The quantitative estimate of drug-likeness (QED) is 0.536. The predicted octanol–water partition coefficient (Wildman–Crippen LogP) is 3.45. The second kappa shape index (κ2) is 8.94. The van der Waals surface area contributed by atoms with Crippen LogP contribution in [0.3, 0.4) is 0 Å². The molecule has 7 heteroatoms. The van der Waals surface area contributed by atoms with E-state index in [4.69, 9.17) is 14.2 Å². The Morgan fingerprint density at radius 1 is 1.14 bits per heavy atom. The number of ether oxygens (including phenoxy) is 3. The number of carbonyl (C=O) groups is 2. The number of benzene rings is 2. The van der Waals surface area contributed by atoms with Crippen LogP contribution in [0.25, 0.3) is 6.08 Å². The highest BCUT2D eigenvalue weighted by molar-refractivity contribution is 6.02. The van der Waals surface area contributed by atoms with Crippen LogP contribution < -0.4 is 19.5 Å². The molecule has 0 aliphatic carbocycles. The van der Waals surface area contributed by atoms with Crippen molar-refractivity contribution in [1.82, 2.24) is 5.32 Å². The minimum absolute atomic E-state index is 0.128. The van der Waals surface area contributed by atoms with Crippen molar-refractivity contribution in [2.45, 2.75) is 19.8 Å². The lowest BCUT2D eigenvalue weighted by atomic mass is 10.1. The van der Waals surface area contributed by atoms with Crippen molar-refractivity contribution in [2.75, 3.05) is 13.4 Å². The van der Waals surface area contributed by atoms with Crippen LogP contribution in [0.15, 0.2) is 48.2 Å². The molecule has 2 N–H and O–H groups in total. The van der Waals surface area contributed by atoms with Gasteiger partial charge in [0.2, 0.25) is 6.79 Å². The number of fused-ring (bicyclic) bond motifs is 1. The molecule has 2 aromatic carbocycles. The van der Waals surface area contributed by atoms with Crippen molar-refractivity contribution in [2.24, 2.45) is 0 Å². The summed E-state index contributed by atoms with van der Waals surface area (Å²) in [6, 6.07) is 11.6. The maximum atomic E-state index is 12.4. The fourth-order valence-electron chi connectivity index (χ4n) is 2.55. The molecule has 1 aliphatic rings. The monoisotopic (exact) mass is 383 g/mol. The third-order valence-electron chi connectivity index (χ3n) is 4.07. The molecule has 146 valence electrons. The number of amides is 1.